The maximum atomic E-state index is 12.6. The summed E-state index contributed by atoms with van der Waals surface area (Å²) in [5.41, 5.74) is 12.6. The maximum absolute atomic E-state index is 12.6. The average Bonchev–Trinajstić information content (AvgIpc) is 2.90. The predicted molar refractivity (Wildman–Crippen MR) is 99.1 cm³/mol. The summed E-state index contributed by atoms with van der Waals surface area (Å²) in [7, 11) is 1.49. The molecule has 0 radical (unpaired) electrons. The van der Waals surface area contributed by atoms with E-state index in [1.165, 1.54) is 13.2 Å². The van der Waals surface area contributed by atoms with Crippen molar-refractivity contribution >= 4 is 56.3 Å². The zero-order valence-corrected chi connectivity index (χ0v) is 14.5. The lowest BCUT2D eigenvalue weighted by Gasteiger charge is -2.10. The van der Waals surface area contributed by atoms with Crippen molar-refractivity contribution in [2.45, 2.75) is 0 Å². The molecule has 5 N–H and O–H groups in total. The molecule has 0 atom stereocenters. The van der Waals surface area contributed by atoms with Crippen LogP contribution in [0, 0.1) is 11.3 Å². The molecule has 0 bridgehead atoms. The molecule has 3 rings (SSSR count). The summed E-state index contributed by atoms with van der Waals surface area (Å²) < 4.78 is 5.21. The Bertz CT molecular complexity index is 1040. The number of aromatic nitrogens is 1. The van der Waals surface area contributed by atoms with Gasteiger partial charge in [0.1, 0.15) is 27.3 Å². The van der Waals surface area contributed by atoms with Crippen molar-refractivity contribution in [3.05, 3.63) is 39.7 Å². The molecule has 1 aromatic carbocycles. The molecular weight excluding hydrogens is 362 g/mol. The number of hydrogen-bond acceptors (Lipinski definition) is 7. The van der Waals surface area contributed by atoms with Gasteiger partial charge in [-0.25, -0.2) is 4.98 Å². The summed E-state index contributed by atoms with van der Waals surface area (Å²) in [6.07, 6.45) is 0. The molecule has 126 valence electrons. The highest BCUT2D eigenvalue weighted by molar-refractivity contribution is 7.21. The monoisotopic (exact) mass is 373 g/mol. The lowest BCUT2D eigenvalue weighted by Crippen LogP contribution is -2.12. The predicted octanol–water partition coefficient (Wildman–Crippen LogP) is 3.25. The Morgan fingerprint density at radius 3 is 2.84 bits per heavy atom. The molecule has 0 saturated carbocycles. The number of carbonyl (C=O) groups is 1. The first kappa shape index (κ1) is 16.8. The van der Waals surface area contributed by atoms with E-state index in [2.05, 4.69) is 10.3 Å². The van der Waals surface area contributed by atoms with Gasteiger partial charge in [-0.1, -0.05) is 11.6 Å². The Balaban J connectivity index is 2.02. The first-order valence-corrected chi connectivity index (χ1v) is 8.17. The number of ether oxygens (including phenoxy) is 1. The fourth-order valence-electron chi connectivity index (χ4n) is 2.27. The van der Waals surface area contributed by atoms with Crippen LogP contribution in [-0.2, 0) is 0 Å². The minimum atomic E-state index is -0.432. The number of methoxy groups -OCH3 is 1. The van der Waals surface area contributed by atoms with Crippen LogP contribution in [0.25, 0.3) is 10.2 Å². The van der Waals surface area contributed by atoms with Gasteiger partial charge < -0.3 is 21.5 Å². The SMILES string of the molecule is COc1ccc(Cl)cc1NC(=O)c1sc2nc(N)c(C#N)cc2c1N. The van der Waals surface area contributed by atoms with Gasteiger partial charge in [-0.15, -0.1) is 11.3 Å². The number of fused-ring (bicyclic) bond motifs is 1. The minimum Gasteiger partial charge on any atom is -0.495 e. The largest absolute Gasteiger partial charge is 0.495 e. The van der Waals surface area contributed by atoms with Crippen molar-refractivity contribution in [3.8, 4) is 11.8 Å². The second kappa shape index (κ2) is 6.47. The Hall–Kier alpha value is -3.02. The van der Waals surface area contributed by atoms with Gasteiger partial charge >= 0.3 is 0 Å². The molecule has 0 aliphatic heterocycles. The van der Waals surface area contributed by atoms with Crippen molar-refractivity contribution in [1.29, 1.82) is 5.26 Å². The fraction of sp³-hybridized carbons (Fsp3) is 0.0625. The third-order valence-electron chi connectivity index (χ3n) is 3.49. The first-order chi connectivity index (χ1) is 11.9. The second-order valence-electron chi connectivity index (χ2n) is 5.03. The van der Waals surface area contributed by atoms with Gasteiger partial charge in [-0.3, -0.25) is 4.79 Å². The van der Waals surface area contributed by atoms with Crippen molar-refractivity contribution in [2.24, 2.45) is 0 Å². The zero-order chi connectivity index (χ0) is 18.1. The van der Waals surface area contributed by atoms with Crippen molar-refractivity contribution in [2.75, 3.05) is 23.9 Å². The second-order valence-corrected chi connectivity index (χ2v) is 6.46. The maximum Gasteiger partial charge on any atom is 0.268 e. The molecular formula is C16H12ClN5O2S. The van der Waals surface area contributed by atoms with Gasteiger partial charge in [0.2, 0.25) is 0 Å². The van der Waals surface area contributed by atoms with E-state index < -0.39 is 5.91 Å². The Labute approximate surface area is 151 Å². The van der Waals surface area contributed by atoms with Crippen molar-refractivity contribution in [1.82, 2.24) is 4.98 Å². The smallest absolute Gasteiger partial charge is 0.268 e. The van der Waals surface area contributed by atoms with Crippen molar-refractivity contribution < 1.29 is 9.53 Å². The van der Waals surface area contributed by atoms with Crippen LogP contribution in [0.5, 0.6) is 5.75 Å². The van der Waals surface area contributed by atoms with Gasteiger partial charge in [0.15, 0.2) is 0 Å². The van der Waals surface area contributed by atoms with E-state index in [1.54, 1.807) is 18.2 Å². The van der Waals surface area contributed by atoms with Gasteiger partial charge in [-0.2, -0.15) is 5.26 Å². The molecule has 0 aliphatic rings. The number of rotatable bonds is 3. The normalized spacial score (nSPS) is 10.4. The summed E-state index contributed by atoms with van der Waals surface area (Å²) >= 11 is 7.06. The van der Waals surface area contributed by atoms with Gasteiger partial charge in [0, 0.05) is 10.4 Å². The van der Waals surface area contributed by atoms with Crippen LogP contribution in [0.2, 0.25) is 5.02 Å². The Morgan fingerprint density at radius 2 is 2.16 bits per heavy atom. The van der Waals surface area contributed by atoms with Crippen LogP contribution in [0.4, 0.5) is 17.2 Å². The van der Waals surface area contributed by atoms with Gasteiger partial charge in [-0.05, 0) is 24.3 Å². The topological polar surface area (TPSA) is 127 Å². The van der Waals surface area contributed by atoms with E-state index in [-0.39, 0.29) is 21.9 Å². The lowest BCUT2D eigenvalue weighted by molar-refractivity contribution is 0.103. The number of halogens is 1. The first-order valence-electron chi connectivity index (χ1n) is 6.98. The molecule has 3 aromatic rings. The molecule has 0 unspecified atom stereocenters. The van der Waals surface area contributed by atoms with Crippen LogP contribution in [0.15, 0.2) is 24.3 Å². The number of benzene rings is 1. The number of nitrogens with zero attached hydrogens (tertiary/aromatic N) is 2. The third-order valence-corrected chi connectivity index (χ3v) is 4.84. The van der Waals surface area contributed by atoms with E-state index in [4.69, 9.17) is 33.1 Å². The lowest BCUT2D eigenvalue weighted by atomic mass is 10.2. The highest BCUT2D eigenvalue weighted by atomic mass is 35.5. The molecule has 0 aliphatic carbocycles. The molecule has 7 nitrogen and oxygen atoms in total. The highest BCUT2D eigenvalue weighted by Crippen LogP contribution is 2.35. The van der Waals surface area contributed by atoms with Crippen LogP contribution >= 0.6 is 22.9 Å². The number of hydrogen-bond donors (Lipinski definition) is 3. The quantitative estimate of drug-likeness (QED) is 0.646. The number of nitriles is 1. The van der Waals surface area contributed by atoms with Crippen LogP contribution in [-0.4, -0.2) is 18.0 Å². The summed E-state index contributed by atoms with van der Waals surface area (Å²) in [4.78, 5) is 17.5. The molecule has 25 heavy (non-hydrogen) atoms. The van der Waals surface area contributed by atoms with E-state index in [1.807, 2.05) is 6.07 Å². The van der Waals surface area contributed by atoms with E-state index in [9.17, 15) is 4.79 Å². The van der Waals surface area contributed by atoms with E-state index in [0.717, 1.165) is 11.3 Å². The number of anilines is 3. The number of nitrogens with two attached hydrogens (primary N) is 2. The van der Waals surface area contributed by atoms with Crippen LogP contribution < -0.4 is 21.5 Å². The molecule has 2 aromatic heterocycles. The summed E-state index contributed by atoms with van der Waals surface area (Å²) in [6.45, 7) is 0. The van der Waals surface area contributed by atoms with Crippen LogP contribution in [0.1, 0.15) is 15.2 Å². The van der Waals surface area contributed by atoms with Gasteiger partial charge in [0.05, 0.1) is 24.0 Å². The van der Waals surface area contributed by atoms with E-state index >= 15 is 0 Å². The molecule has 9 heteroatoms. The fourth-order valence-corrected chi connectivity index (χ4v) is 3.42. The van der Waals surface area contributed by atoms with E-state index in [0.29, 0.717) is 26.7 Å². The van der Waals surface area contributed by atoms with Crippen LogP contribution in [0.3, 0.4) is 0 Å². The van der Waals surface area contributed by atoms with Gasteiger partial charge in [0.25, 0.3) is 5.91 Å². The molecule has 0 spiro atoms. The number of carbonyl (C=O) groups excluding carboxylic acids is 1. The Morgan fingerprint density at radius 1 is 1.40 bits per heavy atom. The third kappa shape index (κ3) is 3.03. The number of thiophene rings is 1. The zero-order valence-electron chi connectivity index (χ0n) is 13.0. The standard InChI is InChI=1S/C16H12ClN5O2S/c1-24-11-3-2-8(17)5-10(11)21-15(23)13-12(19)9-4-7(6-18)14(20)22-16(9)25-13/h2-5H,19H2,1H3,(H2,20,22)(H,21,23). The molecule has 2 heterocycles. The summed E-state index contributed by atoms with van der Waals surface area (Å²) in [6, 6.07) is 8.35. The Kier molecular flexibility index (Phi) is 4.35. The number of pyridine rings is 1. The average molecular weight is 374 g/mol. The summed E-state index contributed by atoms with van der Waals surface area (Å²) in [5, 5.41) is 12.7. The van der Waals surface area contributed by atoms with Crippen molar-refractivity contribution in [3.63, 3.8) is 0 Å². The molecule has 0 saturated heterocycles. The highest BCUT2D eigenvalue weighted by Gasteiger charge is 2.20. The number of nitrogens with one attached hydrogen (secondary N) is 1. The number of nitrogen functional groups attached to an aromatic ring is 2. The molecule has 0 fully saturated rings. The molecule has 1 amide bonds. The minimum absolute atomic E-state index is 0.0970. The summed E-state index contributed by atoms with van der Waals surface area (Å²) in [5.74, 6) is 0.129. The number of amides is 1.